The molecule has 126 valence electrons. The van der Waals surface area contributed by atoms with E-state index in [1.807, 2.05) is 54.3 Å². The fraction of sp³-hybridized carbons (Fsp3) is 0.316. The predicted molar refractivity (Wildman–Crippen MR) is 100 cm³/mol. The maximum atomic E-state index is 12.5. The van der Waals surface area contributed by atoms with Crippen molar-refractivity contribution in [2.75, 3.05) is 31.1 Å². The highest BCUT2D eigenvalue weighted by molar-refractivity contribution is 6.42. The lowest BCUT2D eigenvalue weighted by Crippen LogP contribution is -2.49. The Balaban J connectivity index is 1.59. The van der Waals surface area contributed by atoms with Crippen molar-refractivity contribution in [2.45, 2.75) is 13.3 Å². The zero-order valence-electron chi connectivity index (χ0n) is 13.6. The lowest BCUT2D eigenvalue weighted by molar-refractivity contribution is -0.130. The maximum absolute atomic E-state index is 12.5. The predicted octanol–water partition coefficient (Wildman–Crippen LogP) is 4.19. The van der Waals surface area contributed by atoms with Gasteiger partial charge >= 0.3 is 0 Å². The van der Waals surface area contributed by atoms with Gasteiger partial charge in [-0.1, -0.05) is 47.5 Å². The van der Waals surface area contributed by atoms with E-state index in [4.69, 9.17) is 23.2 Å². The van der Waals surface area contributed by atoms with Crippen LogP contribution in [0.3, 0.4) is 0 Å². The van der Waals surface area contributed by atoms with Crippen LogP contribution in [0.25, 0.3) is 0 Å². The molecule has 0 aliphatic carbocycles. The number of amides is 1. The van der Waals surface area contributed by atoms with Crippen molar-refractivity contribution < 1.29 is 4.79 Å². The molecule has 1 fully saturated rings. The Labute approximate surface area is 152 Å². The van der Waals surface area contributed by atoms with E-state index in [1.54, 1.807) is 0 Å². The van der Waals surface area contributed by atoms with Crippen LogP contribution in [-0.4, -0.2) is 37.0 Å². The van der Waals surface area contributed by atoms with Gasteiger partial charge in [-0.2, -0.15) is 0 Å². The summed E-state index contributed by atoms with van der Waals surface area (Å²) >= 11 is 12.1. The summed E-state index contributed by atoms with van der Waals surface area (Å²) in [6.07, 6.45) is 0.472. The van der Waals surface area contributed by atoms with E-state index in [0.29, 0.717) is 16.5 Å². The van der Waals surface area contributed by atoms with Gasteiger partial charge in [0.25, 0.3) is 0 Å². The molecule has 0 N–H and O–H groups in total. The molecule has 1 amide bonds. The van der Waals surface area contributed by atoms with E-state index < -0.39 is 0 Å². The highest BCUT2D eigenvalue weighted by Gasteiger charge is 2.22. The Hall–Kier alpha value is -1.71. The Morgan fingerprint density at radius 3 is 2.38 bits per heavy atom. The van der Waals surface area contributed by atoms with Crippen LogP contribution < -0.4 is 4.90 Å². The molecule has 3 rings (SSSR count). The number of nitrogens with zero attached hydrogens (tertiary/aromatic N) is 2. The molecule has 0 aromatic heterocycles. The van der Waals surface area contributed by atoms with Gasteiger partial charge in [-0.25, -0.2) is 0 Å². The molecule has 1 saturated heterocycles. The largest absolute Gasteiger partial charge is 0.368 e. The lowest BCUT2D eigenvalue weighted by Gasteiger charge is -2.36. The smallest absolute Gasteiger partial charge is 0.227 e. The molecule has 0 radical (unpaired) electrons. The molecule has 1 heterocycles. The first-order valence-electron chi connectivity index (χ1n) is 8.07. The van der Waals surface area contributed by atoms with Crippen LogP contribution >= 0.6 is 23.2 Å². The first-order valence-corrected chi connectivity index (χ1v) is 8.82. The fourth-order valence-corrected chi connectivity index (χ4v) is 3.27. The van der Waals surface area contributed by atoms with Gasteiger partial charge in [-0.3, -0.25) is 4.79 Å². The molecule has 0 spiro atoms. The van der Waals surface area contributed by atoms with Gasteiger partial charge in [0.1, 0.15) is 0 Å². The normalized spacial score (nSPS) is 14.8. The summed E-state index contributed by atoms with van der Waals surface area (Å²) in [6, 6.07) is 13.7. The van der Waals surface area contributed by atoms with Gasteiger partial charge in [0.05, 0.1) is 16.5 Å². The topological polar surface area (TPSA) is 23.6 Å². The van der Waals surface area contributed by atoms with Crippen molar-refractivity contribution in [1.82, 2.24) is 4.90 Å². The van der Waals surface area contributed by atoms with Crippen LogP contribution in [0.4, 0.5) is 5.69 Å². The van der Waals surface area contributed by atoms with Gasteiger partial charge in [0, 0.05) is 31.9 Å². The summed E-state index contributed by atoms with van der Waals surface area (Å²) in [7, 11) is 0. The zero-order chi connectivity index (χ0) is 17.1. The second kappa shape index (κ2) is 7.45. The number of anilines is 1. The molecule has 0 atom stereocenters. The molecule has 24 heavy (non-hydrogen) atoms. The standard InChI is InChI=1S/C19H20Cl2N2O/c1-14-4-2-3-5-15(14)12-19(24)23-10-8-22(9-11-23)16-6-7-17(20)18(21)13-16/h2-7,13H,8-12H2,1H3. The summed E-state index contributed by atoms with van der Waals surface area (Å²) in [5.74, 6) is 0.193. The minimum Gasteiger partial charge on any atom is -0.368 e. The number of carbonyl (C=O) groups is 1. The lowest BCUT2D eigenvalue weighted by atomic mass is 10.1. The maximum Gasteiger partial charge on any atom is 0.227 e. The monoisotopic (exact) mass is 362 g/mol. The van der Waals surface area contributed by atoms with Crippen LogP contribution in [-0.2, 0) is 11.2 Å². The van der Waals surface area contributed by atoms with E-state index >= 15 is 0 Å². The molecule has 0 bridgehead atoms. The summed E-state index contributed by atoms with van der Waals surface area (Å²) in [4.78, 5) is 16.7. The van der Waals surface area contributed by atoms with E-state index in [-0.39, 0.29) is 5.91 Å². The minimum absolute atomic E-state index is 0.193. The van der Waals surface area contributed by atoms with Crippen molar-refractivity contribution in [3.63, 3.8) is 0 Å². The van der Waals surface area contributed by atoms with E-state index in [0.717, 1.165) is 37.4 Å². The van der Waals surface area contributed by atoms with Gasteiger partial charge < -0.3 is 9.80 Å². The highest BCUT2D eigenvalue weighted by Crippen LogP contribution is 2.27. The molecule has 0 saturated carbocycles. The number of benzene rings is 2. The number of aryl methyl sites for hydroxylation is 1. The third-order valence-corrected chi connectivity index (χ3v) is 5.24. The summed E-state index contributed by atoms with van der Waals surface area (Å²) in [6.45, 7) is 5.11. The number of hydrogen-bond acceptors (Lipinski definition) is 2. The van der Waals surface area contributed by atoms with Gasteiger partial charge in [0.2, 0.25) is 5.91 Å². The van der Waals surface area contributed by atoms with Crippen molar-refractivity contribution in [3.8, 4) is 0 Å². The fourth-order valence-electron chi connectivity index (χ4n) is 2.98. The van der Waals surface area contributed by atoms with Crippen LogP contribution in [0, 0.1) is 6.92 Å². The van der Waals surface area contributed by atoms with E-state index in [1.165, 1.54) is 5.56 Å². The zero-order valence-corrected chi connectivity index (χ0v) is 15.1. The average Bonchev–Trinajstić information content (AvgIpc) is 2.59. The van der Waals surface area contributed by atoms with Crippen LogP contribution in [0.15, 0.2) is 42.5 Å². The minimum atomic E-state index is 0.193. The first kappa shape index (κ1) is 17.1. The van der Waals surface area contributed by atoms with E-state index in [2.05, 4.69) is 4.90 Å². The number of piperazine rings is 1. The second-order valence-electron chi connectivity index (χ2n) is 6.07. The third kappa shape index (κ3) is 3.85. The molecule has 2 aromatic rings. The highest BCUT2D eigenvalue weighted by atomic mass is 35.5. The Kier molecular flexibility index (Phi) is 5.32. The number of halogens is 2. The Morgan fingerprint density at radius 2 is 1.71 bits per heavy atom. The SMILES string of the molecule is Cc1ccccc1CC(=O)N1CCN(c2ccc(Cl)c(Cl)c2)CC1. The van der Waals surface area contributed by atoms with Crippen molar-refractivity contribution in [3.05, 3.63) is 63.6 Å². The quantitative estimate of drug-likeness (QED) is 0.816. The molecular formula is C19H20Cl2N2O. The third-order valence-electron chi connectivity index (χ3n) is 4.50. The summed E-state index contributed by atoms with van der Waals surface area (Å²) in [5, 5.41) is 1.12. The molecule has 0 unspecified atom stereocenters. The molecule has 1 aliphatic rings. The second-order valence-corrected chi connectivity index (χ2v) is 6.88. The van der Waals surface area contributed by atoms with Crippen LogP contribution in [0.2, 0.25) is 10.0 Å². The van der Waals surface area contributed by atoms with Crippen molar-refractivity contribution in [1.29, 1.82) is 0 Å². The van der Waals surface area contributed by atoms with Crippen LogP contribution in [0.5, 0.6) is 0 Å². The number of rotatable bonds is 3. The molecule has 5 heteroatoms. The Bertz CT molecular complexity index is 740. The number of carbonyl (C=O) groups excluding carboxylic acids is 1. The first-order chi connectivity index (χ1) is 11.5. The van der Waals surface area contributed by atoms with Crippen LogP contribution in [0.1, 0.15) is 11.1 Å². The summed E-state index contributed by atoms with van der Waals surface area (Å²) in [5.41, 5.74) is 3.32. The molecule has 1 aliphatic heterocycles. The van der Waals surface area contributed by atoms with Gasteiger partial charge in [-0.15, -0.1) is 0 Å². The van der Waals surface area contributed by atoms with E-state index in [9.17, 15) is 4.79 Å². The Morgan fingerprint density at radius 1 is 1.00 bits per heavy atom. The molecular weight excluding hydrogens is 343 g/mol. The van der Waals surface area contributed by atoms with Gasteiger partial charge in [0.15, 0.2) is 0 Å². The molecule has 3 nitrogen and oxygen atoms in total. The molecule has 2 aromatic carbocycles. The number of hydrogen-bond donors (Lipinski definition) is 0. The van der Waals surface area contributed by atoms with Gasteiger partial charge in [-0.05, 0) is 36.2 Å². The van der Waals surface area contributed by atoms with Crippen molar-refractivity contribution >= 4 is 34.8 Å². The summed E-state index contributed by atoms with van der Waals surface area (Å²) < 4.78 is 0. The average molecular weight is 363 g/mol. The van der Waals surface area contributed by atoms with Crippen molar-refractivity contribution in [2.24, 2.45) is 0 Å².